The molecule has 0 unspecified atom stereocenters. The van der Waals surface area contributed by atoms with Crippen molar-refractivity contribution in [2.24, 2.45) is 17.3 Å². The Hall–Kier alpha value is 0. The van der Waals surface area contributed by atoms with E-state index in [-0.39, 0.29) is 7.43 Å². The fourth-order valence-corrected chi connectivity index (χ4v) is 2.33. The van der Waals surface area contributed by atoms with Crippen LogP contribution in [0.15, 0.2) is 0 Å². The van der Waals surface area contributed by atoms with Crippen molar-refractivity contribution >= 4 is 0 Å². The maximum atomic E-state index is 2.40. The maximum Gasteiger partial charge on any atom is -0.0302 e. The lowest BCUT2D eigenvalue weighted by atomic mass is 9.68. The highest BCUT2D eigenvalue weighted by Gasteiger charge is 2.30. The second kappa shape index (κ2) is 9.07. The first-order valence-corrected chi connectivity index (χ1v) is 6.95. The summed E-state index contributed by atoms with van der Waals surface area (Å²) >= 11 is 0. The minimum absolute atomic E-state index is 0. The van der Waals surface area contributed by atoms with E-state index in [4.69, 9.17) is 0 Å². The van der Waals surface area contributed by atoms with Crippen LogP contribution in [-0.2, 0) is 0 Å². The summed E-state index contributed by atoms with van der Waals surface area (Å²) in [7, 11) is 0. The third-order valence-electron chi connectivity index (χ3n) is 3.83. The van der Waals surface area contributed by atoms with Gasteiger partial charge in [0.1, 0.15) is 0 Å². The summed E-state index contributed by atoms with van der Waals surface area (Å²) < 4.78 is 0. The van der Waals surface area contributed by atoms with Crippen molar-refractivity contribution in [2.45, 2.75) is 87.5 Å². The predicted octanol–water partition coefficient (Wildman–Crippen LogP) is 6.30. The molecule has 0 aliphatic heterocycles. The molecule has 100 valence electrons. The molecule has 0 bridgehead atoms. The van der Waals surface area contributed by atoms with Crippen molar-refractivity contribution < 1.29 is 0 Å². The highest BCUT2D eigenvalue weighted by molar-refractivity contribution is 4.82. The first-order chi connectivity index (χ1) is 6.95. The Morgan fingerprint density at radius 1 is 1.00 bits per heavy atom. The van der Waals surface area contributed by atoms with Crippen molar-refractivity contribution in [1.82, 2.24) is 0 Å². The molecular weight excluding hydrogens is 192 g/mol. The first-order valence-electron chi connectivity index (χ1n) is 6.95. The first kappa shape index (κ1) is 18.4. The molecule has 1 aliphatic rings. The summed E-state index contributed by atoms with van der Waals surface area (Å²) in [5.41, 5.74) is 0.743. The molecule has 1 fully saturated rings. The van der Waals surface area contributed by atoms with Gasteiger partial charge in [0.15, 0.2) is 0 Å². The van der Waals surface area contributed by atoms with E-state index in [0.29, 0.717) is 0 Å². The molecule has 0 aromatic rings. The Bertz CT molecular complexity index is 129. The highest BCUT2D eigenvalue weighted by atomic mass is 14.4. The van der Waals surface area contributed by atoms with Crippen LogP contribution in [0.1, 0.15) is 87.5 Å². The molecule has 0 aromatic heterocycles. The predicted molar refractivity (Wildman–Crippen MR) is 77.9 cm³/mol. The summed E-state index contributed by atoms with van der Waals surface area (Å²) in [6.45, 7) is 13.6. The Morgan fingerprint density at radius 2 is 1.31 bits per heavy atom. The molecule has 16 heavy (non-hydrogen) atoms. The summed E-state index contributed by atoms with van der Waals surface area (Å²) in [6, 6.07) is 0. The van der Waals surface area contributed by atoms with Crippen molar-refractivity contribution in [1.29, 1.82) is 0 Å². The largest absolute Gasteiger partial charge is 0.0776 e. The van der Waals surface area contributed by atoms with Gasteiger partial charge in [-0.15, -0.1) is 0 Å². The molecule has 0 N–H and O–H groups in total. The van der Waals surface area contributed by atoms with Crippen molar-refractivity contribution in [2.75, 3.05) is 0 Å². The van der Waals surface area contributed by atoms with E-state index in [0.717, 1.165) is 17.3 Å². The molecule has 1 saturated carbocycles. The van der Waals surface area contributed by atoms with Gasteiger partial charge in [-0.3, -0.25) is 0 Å². The molecule has 0 spiro atoms. The third kappa shape index (κ3) is 7.30. The zero-order valence-electron chi connectivity index (χ0n) is 11.9. The molecule has 0 amide bonds. The van der Waals surface area contributed by atoms with Gasteiger partial charge in [0, 0.05) is 0 Å². The van der Waals surface area contributed by atoms with E-state index < -0.39 is 0 Å². The molecule has 0 aromatic carbocycles. The summed E-state index contributed by atoms with van der Waals surface area (Å²) in [4.78, 5) is 0. The van der Waals surface area contributed by atoms with Gasteiger partial charge in [-0.05, 0) is 30.1 Å². The standard InChI is InChI=1S/C11H22.C4H10.CH4/c1-4-11(5-2)8-6-10(3)7-9-11;1-4(2)3;/h10H,4-9H2,1-3H3;4H,1-3H3;1H4. The van der Waals surface area contributed by atoms with Gasteiger partial charge >= 0.3 is 0 Å². The van der Waals surface area contributed by atoms with Crippen LogP contribution in [0, 0.1) is 17.3 Å². The summed E-state index contributed by atoms with van der Waals surface area (Å²) in [6.07, 6.45) is 8.72. The monoisotopic (exact) mass is 228 g/mol. The summed E-state index contributed by atoms with van der Waals surface area (Å²) in [5.74, 6) is 1.83. The van der Waals surface area contributed by atoms with Gasteiger partial charge in [0.25, 0.3) is 0 Å². The molecule has 0 atom stereocenters. The van der Waals surface area contributed by atoms with Crippen LogP contribution >= 0.6 is 0 Å². The molecule has 1 rings (SSSR count). The van der Waals surface area contributed by atoms with E-state index >= 15 is 0 Å². The minimum Gasteiger partial charge on any atom is -0.0776 e. The van der Waals surface area contributed by atoms with Crippen LogP contribution < -0.4 is 0 Å². The lowest BCUT2D eigenvalue weighted by Gasteiger charge is -2.38. The van der Waals surface area contributed by atoms with E-state index in [2.05, 4.69) is 41.5 Å². The average molecular weight is 228 g/mol. The SMILES string of the molecule is C.CC(C)C.CCC1(CC)CCC(C)CC1. The van der Waals surface area contributed by atoms with Gasteiger partial charge in [-0.25, -0.2) is 0 Å². The zero-order chi connectivity index (χ0) is 11.9. The Labute approximate surface area is 105 Å². The van der Waals surface area contributed by atoms with Crippen LogP contribution in [0.5, 0.6) is 0 Å². The smallest absolute Gasteiger partial charge is 0.0302 e. The van der Waals surface area contributed by atoms with Crippen LogP contribution in [0.2, 0.25) is 0 Å². The average Bonchev–Trinajstić information content (AvgIpc) is 2.19. The van der Waals surface area contributed by atoms with Gasteiger partial charge in [-0.1, -0.05) is 74.7 Å². The van der Waals surface area contributed by atoms with Crippen molar-refractivity contribution in [3.8, 4) is 0 Å². The van der Waals surface area contributed by atoms with Crippen molar-refractivity contribution in [3.63, 3.8) is 0 Å². The van der Waals surface area contributed by atoms with E-state index in [1.807, 2.05) is 0 Å². The Balaban J connectivity index is 0. The van der Waals surface area contributed by atoms with E-state index in [1.165, 1.54) is 38.5 Å². The highest BCUT2D eigenvalue weighted by Crippen LogP contribution is 2.43. The third-order valence-corrected chi connectivity index (χ3v) is 3.83. The van der Waals surface area contributed by atoms with Gasteiger partial charge in [0.05, 0.1) is 0 Å². The topological polar surface area (TPSA) is 0 Å². The minimum atomic E-state index is 0. The fourth-order valence-electron chi connectivity index (χ4n) is 2.33. The van der Waals surface area contributed by atoms with Crippen LogP contribution in [0.25, 0.3) is 0 Å². The van der Waals surface area contributed by atoms with Crippen LogP contribution in [0.4, 0.5) is 0 Å². The number of rotatable bonds is 2. The Morgan fingerprint density at radius 3 is 1.56 bits per heavy atom. The Kier molecular flexibility index (Phi) is 10.4. The van der Waals surface area contributed by atoms with Gasteiger partial charge in [0.2, 0.25) is 0 Å². The zero-order valence-corrected chi connectivity index (χ0v) is 11.9. The van der Waals surface area contributed by atoms with Gasteiger partial charge in [-0.2, -0.15) is 0 Å². The van der Waals surface area contributed by atoms with Crippen LogP contribution in [0.3, 0.4) is 0 Å². The lowest BCUT2D eigenvalue weighted by Crippen LogP contribution is -2.25. The van der Waals surface area contributed by atoms with Gasteiger partial charge < -0.3 is 0 Å². The van der Waals surface area contributed by atoms with Crippen molar-refractivity contribution in [3.05, 3.63) is 0 Å². The number of hydrogen-bond donors (Lipinski definition) is 0. The molecule has 1 aliphatic carbocycles. The molecule has 0 nitrogen and oxygen atoms in total. The molecule has 0 heterocycles. The molecule has 0 heteroatoms. The quantitative estimate of drug-likeness (QED) is 0.520. The fraction of sp³-hybridized carbons (Fsp3) is 1.00. The summed E-state index contributed by atoms with van der Waals surface area (Å²) in [5, 5.41) is 0. The number of hydrogen-bond acceptors (Lipinski definition) is 0. The molecule has 0 saturated heterocycles. The van der Waals surface area contributed by atoms with E-state index in [9.17, 15) is 0 Å². The van der Waals surface area contributed by atoms with Crippen LogP contribution in [-0.4, -0.2) is 0 Å². The maximum absolute atomic E-state index is 2.40. The normalized spacial score (nSPS) is 19.7. The van der Waals surface area contributed by atoms with E-state index in [1.54, 1.807) is 0 Å². The molecular formula is C16H36. The molecule has 0 radical (unpaired) electrons. The second-order valence-electron chi connectivity index (χ2n) is 6.12. The lowest BCUT2D eigenvalue weighted by molar-refractivity contribution is 0.143. The second-order valence-corrected chi connectivity index (χ2v) is 6.12.